The van der Waals surface area contributed by atoms with Crippen LogP contribution in [0.2, 0.25) is 5.02 Å². The lowest BCUT2D eigenvalue weighted by atomic mass is 10.1. The predicted octanol–water partition coefficient (Wildman–Crippen LogP) is 3.97. The van der Waals surface area contributed by atoms with Crippen LogP contribution in [-0.4, -0.2) is 5.78 Å². The molecule has 0 saturated heterocycles. The molecule has 0 atom stereocenters. The molecule has 0 aliphatic carbocycles. The number of hydrogen-bond donors (Lipinski definition) is 0. The summed E-state index contributed by atoms with van der Waals surface area (Å²) in [6.07, 6.45) is 0.199. The highest BCUT2D eigenvalue weighted by molar-refractivity contribution is 7.08. The average molecular weight is 255 g/mol. The maximum Gasteiger partial charge on any atom is 0.168 e. The number of carbonyl (C=O) groups excluding carboxylic acids is 1. The highest BCUT2D eigenvalue weighted by Gasteiger charge is 2.08. The summed E-state index contributed by atoms with van der Waals surface area (Å²) in [5.41, 5.74) is 1.30. The molecule has 0 radical (unpaired) electrons. The van der Waals surface area contributed by atoms with Crippen molar-refractivity contribution in [2.24, 2.45) is 0 Å². The molecule has 0 spiro atoms. The van der Waals surface area contributed by atoms with E-state index in [0.717, 1.165) is 0 Å². The largest absolute Gasteiger partial charge is 0.294 e. The zero-order valence-corrected chi connectivity index (χ0v) is 9.82. The smallest absolute Gasteiger partial charge is 0.168 e. The van der Waals surface area contributed by atoms with E-state index in [9.17, 15) is 9.18 Å². The summed E-state index contributed by atoms with van der Waals surface area (Å²) >= 11 is 7.03. The molecule has 0 saturated carbocycles. The summed E-state index contributed by atoms with van der Waals surface area (Å²) in [6, 6.07) is 6.19. The van der Waals surface area contributed by atoms with E-state index in [1.165, 1.54) is 23.5 Å². The van der Waals surface area contributed by atoms with Crippen LogP contribution in [0.15, 0.2) is 35.0 Å². The summed E-state index contributed by atoms with van der Waals surface area (Å²) in [7, 11) is 0. The fraction of sp³-hybridized carbons (Fsp3) is 0.0833. The fourth-order valence-corrected chi connectivity index (χ4v) is 2.14. The molecule has 1 nitrogen and oxygen atoms in total. The van der Waals surface area contributed by atoms with Crippen molar-refractivity contribution in [1.82, 2.24) is 0 Å². The number of hydrogen-bond acceptors (Lipinski definition) is 2. The molecular weight excluding hydrogens is 247 g/mol. The molecule has 1 aromatic carbocycles. The minimum atomic E-state index is -0.489. The molecule has 1 heterocycles. The highest BCUT2D eigenvalue weighted by Crippen LogP contribution is 2.17. The molecule has 0 aliphatic rings. The van der Waals surface area contributed by atoms with Gasteiger partial charge in [-0.3, -0.25) is 4.79 Å². The van der Waals surface area contributed by atoms with Crippen molar-refractivity contribution in [1.29, 1.82) is 0 Å². The zero-order chi connectivity index (χ0) is 11.5. The first-order valence-electron chi connectivity index (χ1n) is 4.66. The minimum absolute atomic E-state index is 0.0111. The van der Waals surface area contributed by atoms with E-state index in [0.29, 0.717) is 11.1 Å². The van der Waals surface area contributed by atoms with Gasteiger partial charge in [0.15, 0.2) is 5.78 Å². The molecule has 16 heavy (non-hydrogen) atoms. The van der Waals surface area contributed by atoms with Gasteiger partial charge >= 0.3 is 0 Å². The van der Waals surface area contributed by atoms with E-state index in [1.807, 2.05) is 5.38 Å². The normalized spacial score (nSPS) is 10.4. The molecule has 0 unspecified atom stereocenters. The van der Waals surface area contributed by atoms with Crippen LogP contribution in [0.25, 0.3) is 0 Å². The second-order valence-corrected chi connectivity index (χ2v) is 4.55. The van der Waals surface area contributed by atoms with Crippen molar-refractivity contribution in [3.63, 3.8) is 0 Å². The second-order valence-electron chi connectivity index (χ2n) is 3.36. The Kier molecular flexibility index (Phi) is 3.36. The molecule has 0 fully saturated rings. The number of thiophene rings is 1. The molecule has 82 valence electrons. The molecule has 0 N–H and O–H groups in total. The fourth-order valence-electron chi connectivity index (χ4n) is 1.36. The first-order valence-corrected chi connectivity index (χ1v) is 5.98. The van der Waals surface area contributed by atoms with Crippen LogP contribution in [-0.2, 0) is 6.42 Å². The molecule has 1 aromatic heterocycles. The van der Waals surface area contributed by atoms with Crippen LogP contribution in [0.4, 0.5) is 4.39 Å². The monoisotopic (exact) mass is 254 g/mol. The van der Waals surface area contributed by atoms with Gasteiger partial charge in [0, 0.05) is 17.4 Å². The predicted molar refractivity (Wildman–Crippen MR) is 63.8 cm³/mol. The van der Waals surface area contributed by atoms with Gasteiger partial charge in [0.1, 0.15) is 5.82 Å². The quantitative estimate of drug-likeness (QED) is 0.758. The zero-order valence-electron chi connectivity index (χ0n) is 8.24. The molecule has 0 bridgehead atoms. The molecular formula is C12H8ClFOS. The molecule has 0 aliphatic heterocycles. The molecule has 0 amide bonds. The third kappa shape index (κ3) is 2.49. The summed E-state index contributed by atoms with van der Waals surface area (Å²) in [5, 5.41) is 3.70. The SMILES string of the molecule is O=C(Cc1ccc(Cl)c(F)c1)c1ccsc1. The van der Waals surface area contributed by atoms with Crippen molar-refractivity contribution in [3.8, 4) is 0 Å². The topological polar surface area (TPSA) is 17.1 Å². The van der Waals surface area contributed by atoms with Gasteiger partial charge in [0.05, 0.1) is 5.02 Å². The number of halogens is 2. The van der Waals surface area contributed by atoms with Gasteiger partial charge in [-0.2, -0.15) is 11.3 Å². The van der Waals surface area contributed by atoms with E-state index >= 15 is 0 Å². The lowest BCUT2D eigenvalue weighted by molar-refractivity contribution is 0.0993. The number of carbonyl (C=O) groups is 1. The van der Waals surface area contributed by atoms with Gasteiger partial charge in [-0.1, -0.05) is 17.7 Å². The lowest BCUT2D eigenvalue weighted by Crippen LogP contribution is -2.02. The Morgan fingerprint density at radius 1 is 1.38 bits per heavy atom. The third-order valence-corrected chi connectivity index (χ3v) is 3.18. The second kappa shape index (κ2) is 4.76. The van der Waals surface area contributed by atoms with Crippen molar-refractivity contribution in [2.75, 3.05) is 0 Å². The summed E-state index contributed by atoms with van der Waals surface area (Å²) in [4.78, 5) is 11.7. The van der Waals surface area contributed by atoms with Gasteiger partial charge in [-0.05, 0) is 29.1 Å². The van der Waals surface area contributed by atoms with Crippen LogP contribution in [0.5, 0.6) is 0 Å². The number of benzene rings is 1. The van der Waals surface area contributed by atoms with Crippen LogP contribution < -0.4 is 0 Å². The van der Waals surface area contributed by atoms with E-state index in [4.69, 9.17) is 11.6 Å². The standard InChI is InChI=1S/C12H8ClFOS/c13-10-2-1-8(5-11(10)14)6-12(15)9-3-4-16-7-9/h1-5,7H,6H2. The van der Waals surface area contributed by atoms with Gasteiger partial charge in [0.25, 0.3) is 0 Å². The Morgan fingerprint density at radius 3 is 2.81 bits per heavy atom. The lowest BCUT2D eigenvalue weighted by Gasteiger charge is -2.01. The van der Waals surface area contributed by atoms with Crippen LogP contribution >= 0.6 is 22.9 Å². The van der Waals surface area contributed by atoms with E-state index in [2.05, 4.69) is 0 Å². The summed E-state index contributed by atoms with van der Waals surface area (Å²) < 4.78 is 13.1. The Balaban J connectivity index is 2.15. The number of Topliss-reactive ketones (excluding diaryl/α,β-unsaturated/α-hetero) is 1. The van der Waals surface area contributed by atoms with E-state index in [1.54, 1.807) is 17.5 Å². The van der Waals surface area contributed by atoms with Crippen molar-refractivity contribution in [3.05, 3.63) is 57.0 Å². The molecule has 2 aromatic rings. The van der Waals surface area contributed by atoms with E-state index in [-0.39, 0.29) is 17.2 Å². The maximum atomic E-state index is 13.1. The minimum Gasteiger partial charge on any atom is -0.294 e. The first kappa shape index (κ1) is 11.3. The van der Waals surface area contributed by atoms with Gasteiger partial charge < -0.3 is 0 Å². The number of rotatable bonds is 3. The van der Waals surface area contributed by atoms with Gasteiger partial charge in [-0.15, -0.1) is 0 Å². The average Bonchev–Trinajstić information content (AvgIpc) is 2.77. The van der Waals surface area contributed by atoms with Gasteiger partial charge in [0.2, 0.25) is 0 Å². The Morgan fingerprint density at radius 2 is 2.19 bits per heavy atom. The van der Waals surface area contributed by atoms with Crippen molar-refractivity contribution in [2.45, 2.75) is 6.42 Å². The highest BCUT2D eigenvalue weighted by atomic mass is 35.5. The molecule has 4 heteroatoms. The summed E-state index contributed by atoms with van der Waals surface area (Å²) in [5.74, 6) is -0.500. The van der Waals surface area contributed by atoms with E-state index < -0.39 is 5.82 Å². The maximum absolute atomic E-state index is 13.1. The Labute approximate surface area is 101 Å². The van der Waals surface area contributed by atoms with Crippen molar-refractivity contribution >= 4 is 28.7 Å². The van der Waals surface area contributed by atoms with Crippen LogP contribution in [0, 0.1) is 5.82 Å². The number of ketones is 1. The first-order chi connectivity index (χ1) is 7.66. The molecule has 2 rings (SSSR count). The Hall–Kier alpha value is -1.19. The van der Waals surface area contributed by atoms with Crippen molar-refractivity contribution < 1.29 is 9.18 Å². The Bertz CT molecular complexity index is 508. The third-order valence-electron chi connectivity index (χ3n) is 2.19. The van der Waals surface area contributed by atoms with Crippen LogP contribution in [0.3, 0.4) is 0 Å². The van der Waals surface area contributed by atoms with Gasteiger partial charge in [-0.25, -0.2) is 4.39 Å². The summed E-state index contributed by atoms with van der Waals surface area (Å²) in [6.45, 7) is 0. The van der Waals surface area contributed by atoms with Crippen LogP contribution in [0.1, 0.15) is 15.9 Å².